The van der Waals surface area contributed by atoms with Crippen LogP contribution in [0.1, 0.15) is 32.6 Å². The highest BCUT2D eigenvalue weighted by atomic mass is 16.3. The second-order valence-corrected chi connectivity index (χ2v) is 6.90. The Morgan fingerprint density at radius 2 is 2.23 bits per heavy atom. The van der Waals surface area contributed by atoms with Crippen molar-refractivity contribution in [3.8, 4) is 0 Å². The number of hydrogen-bond acceptors (Lipinski definition) is 5. The maximum absolute atomic E-state index is 12.5. The van der Waals surface area contributed by atoms with E-state index in [9.17, 15) is 4.79 Å². The molecule has 0 unspecified atom stereocenters. The fourth-order valence-corrected chi connectivity index (χ4v) is 3.65. The van der Waals surface area contributed by atoms with Gasteiger partial charge in [0.25, 0.3) is 0 Å². The van der Waals surface area contributed by atoms with Crippen LogP contribution in [0, 0.1) is 5.92 Å². The molecule has 0 aliphatic carbocycles. The van der Waals surface area contributed by atoms with Crippen LogP contribution in [0.3, 0.4) is 0 Å². The van der Waals surface area contributed by atoms with Gasteiger partial charge in [0.05, 0.1) is 5.92 Å². The van der Waals surface area contributed by atoms with Crippen LogP contribution in [-0.4, -0.2) is 35.5 Å². The molecule has 1 amide bonds. The van der Waals surface area contributed by atoms with E-state index >= 15 is 0 Å². The van der Waals surface area contributed by atoms with Gasteiger partial charge in [-0.15, -0.1) is 0 Å². The highest BCUT2D eigenvalue weighted by Gasteiger charge is 2.28. The number of piperidine rings is 1. The Morgan fingerprint density at radius 3 is 3.12 bits per heavy atom. The van der Waals surface area contributed by atoms with Crippen LogP contribution < -0.4 is 10.2 Å². The van der Waals surface area contributed by atoms with Crippen molar-refractivity contribution in [3.63, 3.8) is 0 Å². The Morgan fingerprint density at radius 1 is 1.35 bits per heavy atom. The molecule has 0 saturated carbocycles. The number of rotatable bonds is 5. The maximum Gasteiger partial charge on any atom is 0.224 e. The van der Waals surface area contributed by atoms with Gasteiger partial charge in [-0.3, -0.25) is 4.79 Å². The molecule has 1 atom stereocenters. The quantitative estimate of drug-likeness (QED) is 0.712. The molecule has 1 N–H and O–H groups in total. The lowest BCUT2D eigenvalue weighted by atomic mass is 9.97. The summed E-state index contributed by atoms with van der Waals surface area (Å²) in [5, 5.41) is 4.06. The van der Waals surface area contributed by atoms with Crippen molar-refractivity contribution in [2.24, 2.45) is 5.92 Å². The number of carbonyl (C=O) groups excluding carboxylic acids is 1. The first-order valence-corrected chi connectivity index (χ1v) is 9.43. The van der Waals surface area contributed by atoms with E-state index in [1.807, 2.05) is 24.3 Å². The molecule has 0 spiro atoms. The Hall–Kier alpha value is -2.63. The van der Waals surface area contributed by atoms with E-state index in [0.29, 0.717) is 12.1 Å². The Labute approximate surface area is 152 Å². The SMILES string of the molecule is CCCCNC(=O)[C@H]1CCCN(c2ncnc3c2oc2ccccc23)C1. The molecule has 3 heterocycles. The zero-order valence-corrected chi connectivity index (χ0v) is 15.1. The average Bonchev–Trinajstić information content (AvgIpc) is 3.07. The van der Waals surface area contributed by atoms with Gasteiger partial charge in [0, 0.05) is 25.0 Å². The van der Waals surface area contributed by atoms with Crippen molar-refractivity contribution in [1.82, 2.24) is 15.3 Å². The van der Waals surface area contributed by atoms with Crippen molar-refractivity contribution in [2.75, 3.05) is 24.5 Å². The van der Waals surface area contributed by atoms with E-state index < -0.39 is 0 Å². The number of benzene rings is 1. The molecule has 1 aromatic carbocycles. The number of nitrogens with one attached hydrogen (secondary N) is 1. The number of carbonyl (C=O) groups is 1. The first-order valence-electron chi connectivity index (χ1n) is 9.43. The number of fused-ring (bicyclic) bond motifs is 3. The molecule has 2 aromatic heterocycles. The van der Waals surface area contributed by atoms with Gasteiger partial charge in [0.15, 0.2) is 11.4 Å². The molecule has 4 rings (SSSR count). The van der Waals surface area contributed by atoms with Gasteiger partial charge < -0.3 is 14.6 Å². The van der Waals surface area contributed by atoms with Crippen molar-refractivity contribution in [2.45, 2.75) is 32.6 Å². The van der Waals surface area contributed by atoms with Gasteiger partial charge in [-0.05, 0) is 31.4 Å². The second kappa shape index (κ2) is 7.32. The largest absolute Gasteiger partial charge is 0.450 e. The van der Waals surface area contributed by atoms with Gasteiger partial charge in [-0.25, -0.2) is 9.97 Å². The molecule has 1 aliphatic heterocycles. The lowest BCUT2D eigenvalue weighted by Gasteiger charge is -2.32. The summed E-state index contributed by atoms with van der Waals surface area (Å²) in [6.07, 6.45) is 5.58. The van der Waals surface area contributed by atoms with Gasteiger partial charge in [0.2, 0.25) is 5.91 Å². The van der Waals surface area contributed by atoms with Gasteiger partial charge in [-0.1, -0.05) is 25.5 Å². The lowest BCUT2D eigenvalue weighted by Crippen LogP contribution is -2.43. The van der Waals surface area contributed by atoms with Crippen molar-refractivity contribution >= 4 is 33.8 Å². The molecular formula is C20H24N4O2. The summed E-state index contributed by atoms with van der Waals surface area (Å²) in [4.78, 5) is 23.5. The summed E-state index contributed by atoms with van der Waals surface area (Å²) >= 11 is 0. The number of unbranched alkanes of at least 4 members (excludes halogenated alkanes) is 1. The summed E-state index contributed by atoms with van der Waals surface area (Å²) in [6.45, 7) is 4.43. The van der Waals surface area contributed by atoms with Crippen LogP contribution >= 0.6 is 0 Å². The van der Waals surface area contributed by atoms with Crippen LogP contribution in [0.15, 0.2) is 35.0 Å². The third-order valence-corrected chi connectivity index (χ3v) is 5.06. The molecule has 1 saturated heterocycles. The second-order valence-electron chi connectivity index (χ2n) is 6.90. The van der Waals surface area contributed by atoms with E-state index in [0.717, 1.165) is 61.1 Å². The number of furan rings is 1. The van der Waals surface area contributed by atoms with Crippen LogP contribution in [0.25, 0.3) is 22.1 Å². The fraction of sp³-hybridized carbons (Fsp3) is 0.450. The third-order valence-electron chi connectivity index (χ3n) is 5.06. The Bertz CT molecular complexity index is 920. The highest BCUT2D eigenvalue weighted by Crippen LogP contribution is 2.33. The van der Waals surface area contributed by atoms with Gasteiger partial charge in [0.1, 0.15) is 17.4 Å². The average molecular weight is 352 g/mol. The molecule has 26 heavy (non-hydrogen) atoms. The summed E-state index contributed by atoms with van der Waals surface area (Å²) in [6, 6.07) is 7.89. The van der Waals surface area contributed by atoms with Crippen LogP contribution in [-0.2, 0) is 4.79 Å². The molecule has 6 nitrogen and oxygen atoms in total. The number of nitrogens with zero attached hydrogens (tertiary/aromatic N) is 3. The van der Waals surface area contributed by atoms with E-state index in [2.05, 4.69) is 27.1 Å². The maximum atomic E-state index is 12.5. The molecule has 3 aromatic rings. The van der Waals surface area contributed by atoms with Crippen LogP contribution in [0.2, 0.25) is 0 Å². The monoisotopic (exact) mass is 352 g/mol. The zero-order chi connectivity index (χ0) is 17.9. The van der Waals surface area contributed by atoms with Crippen LogP contribution in [0.5, 0.6) is 0 Å². The van der Waals surface area contributed by atoms with Gasteiger partial charge >= 0.3 is 0 Å². The molecule has 0 radical (unpaired) electrons. The van der Waals surface area contributed by atoms with Crippen molar-refractivity contribution in [1.29, 1.82) is 0 Å². The number of anilines is 1. The standard InChI is InChI=1S/C20H24N4O2/c1-2-3-10-21-20(25)14-7-6-11-24(12-14)19-18-17(22-13-23-19)15-8-4-5-9-16(15)26-18/h4-5,8-9,13-14H,2-3,6-7,10-12H2,1H3,(H,21,25)/t14-/m0/s1. The van der Waals surface area contributed by atoms with E-state index in [-0.39, 0.29) is 11.8 Å². The number of para-hydroxylation sites is 1. The molecule has 1 fully saturated rings. The topological polar surface area (TPSA) is 71.3 Å². The van der Waals surface area contributed by atoms with Crippen molar-refractivity contribution < 1.29 is 9.21 Å². The minimum absolute atomic E-state index is 0.00463. The predicted octanol–water partition coefficient (Wildman–Crippen LogP) is 3.51. The van der Waals surface area contributed by atoms with E-state index in [1.54, 1.807) is 6.33 Å². The Balaban J connectivity index is 1.60. The minimum Gasteiger partial charge on any atom is -0.450 e. The zero-order valence-electron chi connectivity index (χ0n) is 15.1. The first-order chi connectivity index (χ1) is 12.8. The van der Waals surface area contributed by atoms with Crippen LogP contribution in [0.4, 0.5) is 5.82 Å². The van der Waals surface area contributed by atoms with E-state index in [4.69, 9.17) is 4.42 Å². The molecular weight excluding hydrogens is 328 g/mol. The van der Waals surface area contributed by atoms with E-state index in [1.165, 1.54) is 0 Å². The normalized spacial score (nSPS) is 17.7. The van der Waals surface area contributed by atoms with Gasteiger partial charge in [-0.2, -0.15) is 0 Å². The lowest BCUT2D eigenvalue weighted by molar-refractivity contribution is -0.125. The summed E-state index contributed by atoms with van der Waals surface area (Å²) in [5.74, 6) is 0.935. The van der Waals surface area contributed by atoms with Crippen molar-refractivity contribution in [3.05, 3.63) is 30.6 Å². The summed E-state index contributed by atoms with van der Waals surface area (Å²) in [5.41, 5.74) is 2.36. The third kappa shape index (κ3) is 3.11. The predicted molar refractivity (Wildman–Crippen MR) is 102 cm³/mol. The molecule has 136 valence electrons. The molecule has 1 aliphatic rings. The molecule has 0 bridgehead atoms. The number of hydrogen-bond donors (Lipinski definition) is 1. The fourth-order valence-electron chi connectivity index (χ4n) is 3.65. The summed E-state index contributed by atoms with van der Waals surface area (Å²) in [7, 11) is 0. The number of amides is 1. The Kier molecular flexibility index (Phi) is 4.73. The summed E-state index contributed by atoms with van der Waals surface area (Å²) < 4.78 is 6.04. The molecule has 6 heteroatoms. The number of aromatic nitrogens is 2. The highest BCUT2D eigenvalue weighted by molar-refractivity contribution is 6.05. The minimum atomic E-state index is -0.00463. The smallest absolute Gasteiger partial charge is 0.224 e. The first kappa shape index (κ1) is 16.8.